The van der Waals surface area contributed by atoms with Crippen molar-refractivity contribution in [3.8, 4) is 5.75 Å². The molecule has 84 valence electrons. The molecule has 0 saturated heterocycles. The molecule has 0 aliphatic carbocycles. The predicted molar refractivity (Wildman–Crippen MR) is 65.2 cm³/mol. The Kier molecular flexibility index (Phi) is 3.78. The Morgan fingerprint density at radius 3 is 2.20 bits per heavy atom. The minimum absolute atomic E-state index is 0.184. The second-order valence-electron chi connectivity index (χ2n) is 4.96. The maximum Gasteiger partial charge on any atom is 0.115 e. The van der Waals surface area contributed by atoms with Gasteiger partial charge in [0.05, 0.1) is 0 Å². The van der Waals surface area contributed by atoms with Crippen LogP contribution in [0.5, 0.6) is 5.75 Å². The van der Waals surface area contributed by atoms with Crippen LogP contribution in [-0.4, -0.2) is 5.11 Å². The molecule has 1 aromatic carbocycles. The summed E-state index contributed by atoms with van der Waals surface area (Å²) in [6, 6.07) is 7.61. The fourth-order valence-corrected chi connectivity index (χ4v) is 1.97. The van der Waals surface area contributed by atoms with E-state index in [4.69, 9.17) is 0 Å². The summed E-state index contributed by atoms with van der Waals surface area (Å²) in [6.45, 7) is 9.08. The van der Waals surface area contributed by atoms with Gasteiger partial charge in [0.15, 0.2) is 0 Å². The molecule has 0 saturated carbocycles. The van der Waals surface area contributed by atoms with E-state index in [1.54, 1.807) is 12.1 Å². The highest BCUT2D eigenvalue weighted by atomic mass is 16.3. The molecule has 0 amide bonds. The lowest BCUT2D eigenvalue weighted by Gasteiger charge is -2.32. The van der Waals surface area contributed by atoms with Gasteiger partial charge in [0.2, 0.25) is 0 Å². The lowest BCUT2D eigenvalue weighted by molar-refractivity contribution is 0.321. The van der Waals surface area contributed by atoms with E-state index in [2.05, 4.69) is 27.7 Å². The molecule has 1 N–H and O–H groups in total. The maximum absolute atomic E-state index is 9.26. The summed E-state index contributed by atoms with van der Waals surface area (Å²) in [5.74, 6) is 1.00. The molecular weight excluding hydrogens is 184 g/mol. The highest BCUT2D eigenvalue weighted by Gasteiger charge is 2.26. The fraction of sp³-hybridized carbons (Fsp3) is 0.571. The predicted octanol–water partition coefficient (Wildman–Crippen LogP) is 4.11. The van der Waals surface area contributed by atoms with Gasteiger partial charge in [-0.1, -0.05) is 52.7 Å². The van der Waals surface area contributed by atoms with Crippen LogP contribution < -0.4 is 0 Å². The van der Waals surface area contributed by atoms with Gasteiger partial charge in [-0.05, 0) is 29.0 Å². The minimum atomic E-state index is 0.184. The van der Waals surface area contributed by atoms with Gasteiger partial charge in [0, 0.05) is 0 Å². The van der Waals surface area contributed by atoms with Crippen LogP contribution in [0.2, 0.25) is 0 Å². The largest absolute Gasteiger partial charge is 0.508 e. The van der Waals surface area contributed by atoms with Crippen molar-refractivity contribution in [2.75, 3.05) is 0 Å². The molecule has 1 rings (SSSR count). The lowest BCUT2D eigenvalue weighted by atomic mass is 9.72. The fourth-order valence-electron chi connectivity index (χ4n) is 1.97. The minimum Gasteiger partial charge on any atom is -0.508 e. The van der Waals surface area contributed by atoms with Gasteiger partial charge in [-0.15, -0.1) is 0 Å². The quantitative estimate of drug-likeness (QED) is 0.786. The molecule has 0 bridgehead atoms. The first-order chi connectivity index (χ1) is 6.98. The number of phenols is 1. The van der Waals surface area contributed by atoms with E-state index < -0.39 is 0 Å². The van der Waals surface area contributed by atoms with E-state index in [0.29, 0.717) is 11.7 Å². The van der Waals surface area contributed by atoms with Crippen LogP contribution in [0.15, 0.2) is 24.3 Å². The third kappa shape index (κ3) is 2.74. The standard InChI is InChI=1S/C14H22O/c1-5-6-11(2)14(3,4)12-7-9-13(15)10-8-12/h7-11,15H,5-6H2,1-4H3. The highest BCUT2D eigenvalue weighted by Crippen LogP contribution is 2.34. The number of hydrogen-bond donors (Lipinski definition) is 1. The average molecular weight is 206 g/mol. The molecule has 15 heavy (non-hydrogen) atoms. The second-order valence-corrected chi connectivity index (χ2v) is 4.96. The second kappa shape index (κ2) is 4.69. The molecule has 0 aromatic heterocycles. The van der Waals surface area contributed by atoms with Gasteiger partial charge >= 0.3 is 0 Å². The van der Waals surface area contributed by atoms with Crippen molar-refractivity contribution in [2.24, 2.45) is 5.92 Å². The Hall–Kier alpha value is -0.980. The van der Waals surface area contributed by atoms with Crippen molar-refractivity contribution in [1.29, 1.82) is 0 Å². The van der Waals surface area contributed by atoms with E-state index in [-0.39, 0.29) is 5.41 Å². The van der Waals surface area contributed by atoms with E-state index in [0.717, 1.165) is 0 Å². The van der Waals surface area contributed by atoms with E-state index in [1.165, 1.54) is 18.4 Å². The summed E-state index contributed by atoms with van der Waals surface area (Å²) < 4.78 is 0. The van der Waals surface area contributed by atoms with Crippen molar-refractivity contribution in [3.05, 3.63) is 29.8 Å². The van der Waals surface area contributed by atoms with Gasteiger partial charge in [0.25, 0.3) is 0 Å². The first-order valence-electron chi connectivity index (χ1n) is 5.78. The van der Waals surface area contributed by atoms with E-state index in [1.807, 2.05) is 12.1 Å². The van der Waals surface area contributed by atoms with E-state index in [9.17, 15) is 5.11 Å². The van der Waals surface area contributed by atoms with Crippen LogP contribution in [0, 0.1) is 5.92 Å². The smallest absolute Gasteiger partial charge is 0.115 e. The Morgan fingerprint density at radius 1 is 1.20 bits per heavy atom. The Morgan fingerprint density at radius 2 is 1.73 bits per heavy atom. The zero-order valence-corrected chi connectivity index (χ0v) is 10.2. The highest BCUT2D eigenvalue weighted by molar-refractivity contribution is 5.31. The van der Waals surface area contributed by atoms with Crippen LogP contribution in [0.1, 0.15) is 46.1 Å². The molecule has 1 unspecified atom stereocenters. The topological polar surface area (TPSA) is 20.2 Å². The van der Waals surface area contributed by atoms with Crippen molar-refractivity contribution >= 4 is 0 Å². The zero-order chi connectivity index (χ0) is 11.5. The molecular formula is C14H22O. The number of hydrogen-bond acceptors (Lipinski definition) is 1. The Bertz CT molecular complexity index is 298. The summed E-state index contributed by atoms with van der Waals surface area (Å²) in [7, 11) is 0. The molecule has 0 aliphatic heterocycles. The van der Waals surface area contributed by atoms with Gasteiger partial charge in [-0.2, -0.15) is 0 Å². The Labute approximate surface area is 93.1 Å². The third-order valence-corrected chi connectivity index (χ3v) is 3.57. The summed E-state index contributed by atoms with van der Waals surface area (Å²) in [5, 5.41) is 9.26. The molecule has 1 atom stereocenters. The van der Waals surface area contributed by atoms with Gasteiger partial charge in [-0.3, -0.25) is 0 Å². The molecule has 1 heteroatoms. The normalized spacial score (nSPS) is 13.9. The van der Waals surface area contributed by atoms with E-state index >= 15 is 0 Å². The summed E-state index contributed by atoms with van der Waals surface area (Å²) in [4.78, 5) is 0. The first kappa shape index (κ1) is 12.1. The van der Waals surface area contributed by atoms with Crippen LogP contribution in [0.4, 0.5) is 0 Å². The van der Waals surface area contributed by atoms with Gasteiger partial charge < -0.3 is 5.11 Å². The van der Waals surface area contributed by atoms with Gasteiger partial charge in [-0.25, -0.2) is 0 Å². The van der Waals surface area contributed by atoms with Crippen molar-refractivity contribution in [2.45, 2.75) is 46.0 Å². The molecule has 0 radical (unpaired) electrons. The molecule has 1 nitrogen and oxygen atoms in total. The van der Waals surface area contributed by atoms with Crippen LogP contribution in [0.25, 0.3) is 0 Å². The van der Waals surface area contributed by atoms with Crippen LogP contribution in [0.3, 0.4) is 0 Å². The van der Waals surface area contributed by atoms with Crippen molar-refractivity contribution < 1.29 is 5.11 Å². The monoisotopic (exact) mass is 206 g/mol. The molecule has 0 aliphatic rings. The molecule has 1 aromatic rings. The number of aromatic hydroxyl groups is 1. The van der Waals surface area contributed by atoms with Crippen LogP contribution in [-0.2, 0) is 5.41 Å². The number of benzene rings is 1. The molecule has 0 heterocycles. The van der Waals surface area contributed by atoms with Gasteiger partial charge in [0.1, 0.15) is 5.75 Å². The van der Waals surface area contributed by atoms with Crippen LogP contribution >= 0.6 is 0 Å². The Balaban J connectivity index is 2.89. The zero-order valence-electron chi connectivity index (χ0n) is 10.2. The maximum atomic E-state index is 9.26. The SMILES string of the molecule is CCCC(C)C(C)(C)c1ccc(O)cc1. The lowest BCUT2D eigenvalue weighted by Crippen LogP contribution is -2.26. The number of rotatable bonds is 4. The average Bonchev–Trinajstić information content (AvgIpc) is 2.18. The molecule has 0 fully saturated rings. The number of phenolic OH excluding ortho intramolecular Hbond substituents is 1. The first-order valence-corrected chi connectivity index (χ1v) is 5.78. The summed E-state index contributed by atoms with van der Waals surface area (Å²) >= 11 is 0. The summed E-state index contributed by atoms with van der Waals surface area (Å²) in [5.41, 5.74) is 1.49. The van der Waals surface area contributed by atoms with Crippen molar-refractivity contribution in [3.63, 3.8) is 0 Å². The molecule has 0 spiro atoms. The summed E-state index contributed by atoms with van der Waals surface area (Å²) in [6.07, 6.45) is 2.47. The van der Waals surface area contributed by atoms with Crippen molar-refractivity contribution in [1.82, 2.24) is 0 Å². The third-order valence-electron chi connectivity index (χ3n) is 3.57.